The fourth-order valence-corrected chi connectivity index (χ4v) is 2.79. The standard InChI is InChI=1S/C20H29NO/c1-20(2,3)18-12-9-16(10-13-18)11-14-19(22)21-15-17-7-5-4-6-8-17/h7,9-10,12-13H,4-6,8,11,14-15H2,1-3H3,(H,21,22). The average molecular weight is 299 g/mol. The lowest BCUT2D eigenvalue weighted by Crippen LogP contribution is -2.26. The maximum absolute atomic E-state index is 11.9. The van der Waals surface area contributed by atoms with Crippen LogP contribution < -0.4 is 5.32 Å². The van der Waals surface area contributed by atoms with Crippen LogP contribution in [-0.4, -0.2) is 12.5 Å². The number of nitrogens with one attached hydrogen (secondary N) is 1. The SMILES string of the molecule is CC(C)(C)c1ccc(CCC(=O)NCC2=CCCCC2)cc1. The largest absolute Gasteiger partial charge is 0.352 e. The zero-order chi connectivity index (χ0) is 16.0. The molecule has 1 aliphatic carbocycles. The monoisotopic (exact) mass is 299 g/mol. The minimum atomic E-state index is 0.159. The lowest BCUT2D eigenvalue weighted by Gasteiger charge is -2.19. The van der Waals surface area contributed by atoms with Gasteiger partial charge in [0.15, 0.2) is 0 Å². The number of allylic oxidation sites excluding steroid dienone is 1. The summed E-state index contributed by atoms with van der Waals surface area (Å²) in [6, 6.07) is 8.66. The van der Waals surface area contributed by atoms with Gasteiger partial charge in [-0.15, -0.1) is 0 Å². The summed E-state index contributed by atoms with van der Waals surface area (Å²) in [6.07, 6.45) is 8.55. The first-order valence-electron chi connectivity index (χ1n) is 8.49. The smallest absolute Gasteiger partial charge is 0.220 e. The van der Waals surface area contributed by atoms with E-state index in [-0.39, 0.29) is 11.3 Å². The number of carbonyl (C=O) groups is 1. The fraction of sp³-hybridized carbons (Fsp3) is 0.550. The van der Waals surface area contributed by atoms with Crippen LogP contribution in [0.3, 0.4) is 0 Å². The minimum Gasteiger partial charge on any atom is -0.352 e. The van der Waals surface area contributed by atoms with E-state index in [4.69, 9.17) is 0 Å². The summed E-state index contributed by atoms with van der Waals surface area (Å²) in [4.78, 5) is 11.9. The highest BCUT2D eigenvalue weighted by Crippen LogP contribution is 2.22. The second-order valence-electron chi connectivity index (χ2n) is 7.33. The van der Waals surface area contributed by atoms with E-state index in [1.165, 1.54) is 36.0 Å². The summed E-state index contributed by atoms with van der Waals surface area (Å²) >= 11 is 0. The molecule has 1 N–H and O–H groups in total. The number of hydrogen-bond acceptors (Lipinski definition) is 1. The van der Waals surface area contributed by atoms with E-state index in [2.05, 4.69) is 56.4 Å². The molecular formula is C20H29NO. The number of aryl methyl sites for hydroxylation is 1. The molecule has 0 spiro atoms. The number of carbonyl (C=O) groups excluding carboxylic acids is 1. The summed E-state index contributed by atoms with van der Waals surface area (Å²) in [6.45, 7) is 7.39. The van der Waals surface area contributed by atoms with Crippen LogP contribution in [0.15, 0.2) is 35.9 Å². The van der Waals surface area contributed by atoms with Crippen molar-refractivity contribution in [2.24, 2.45) is 0 Å². The predicted octanol–water partition coefficient (Wildman–Crippen LogP) is 4.53. The van der Waals surface area contributed by atoms with E-state index in [1.807, 2.05) is 0 Å². The first-order valence-corrected chi connectivity index (χ1v) is 8.49. The van der Waals surface area contributed by atoms with Gasteiger partial charge in [-0.25, -0.2) is 0 Å². The Balaban J connectivity index is 1.75. The Hall–Kier alpha value is -1.57. The number of benzene rings is 1. The van der Waals surface area contributed by atoms with Gasteiger partial charge >= 0.3 is 0 Å². The highest BCUT2D eigenvalue weighted by Gasteiger charge is 2.13. The molecule has 0 saturated carbocycles. The second-order valence-corrected chi connectivity index (χ2v) is 7.33. The van der Waals surface area contributed by atoms with Crippen molar-refractivity contribution in [3.8, 4) is 0 Å². The molecule has 0 fully saturated rings. The third kappa shape index (κ3) is 5.32. The summed E-state index contributed by atoms with van der Waals surface area (Å²) in [5, 5.41) is 3.05. The van der Waals surface area contributed by atoms with Gasteiger partial charge in [0.05, 0.1) is 0 Å². The van der Waals surface area contributed by atoms with Crippen LogP contribution in [0.25, 0.3) is 0 Å². The Morgan fingerprint density at radius 3 is 2.45 bits per heavy atom. The molecule has 2 rings (SSSR count). The van der Waals surface area contributed by atoms with Crippen LogP contribution in [-0.2, 0) is 16.6 Å². The lowest BCUT2D eigenvalue weighted by molar-refractivity contribution is -0.120. The Morgan fingerprint density at radius 1 is 1.14 bits per heavy atom. The third-order valence-corrected chi connectivity index (χ3v) is 4.36. The maximum Gasteiger partial charge on any atom is 0.220 e. The topological polar surface area (TPSA) is 29.1 Å². The van der Waals surface area contributed by atoms with Crippen molar-refractivity contribution in [2.75, 3.05) is 6.54 Å². The first kappa shape index (κ1) is 16.8. The van der Waals surface area contributed by atoms with Gasteiger partial charge in [0.25, 0.3) is 0 Å². The predicted molar refractivity (Wildman–Crippen MR) is 93.0 cm³/mol. The zero-order valence-electron chi connectivity index (χ0n) is 14.2. The van der Waals surface area contributed by atoms with Crippen molar-refractivity contribution in [3.05, 3.63) is 47.0 Å². The molecule has 0 atom stereocenters. The fourth-order valence-electron chi connectivity index (χ4n) is 2.79. The average Bonchev–Trinajstić information content (AvgIpc) is 2.51. The van der Waals surface area contributed by atoms with Crippen molar-refractivity contribution >= 4 is 5.91 Å². The van der Waals surface area contributed by atoms with Crippen LogP contribution >= 0.6 is 0 Å². The molecule has 1 aromatic rings. The maximum atomic E-state index is 11.9. The van der Waals surface area contributed by atoms with E-state index in [0.29, 0.717) is 6.42 Å². The Labute approximate surface area is 135 Å². The zero-order valence-corrected chi connectivity index (χ0v) is 14.2. The third-order valence-electron chi connectivity index (χ3n) is 4.36. The molecule has 22 heavy (non-hydrogen) atoms. The normalized spacial score (nSPS) is 15.3. The van der Waals surface area contributed by atoms with Gasteiger partial charge in [-0.3, -0.25) is 4.79 Å². The van der Waals surface area contributed by atoms with Gasteiger partial charge in [-0.05, 0) is 48.6 Å². The van der Waals surface area contributed by atoms with E-state index in [9.17, 15) is 4.79 Å². The summed E-state index contributed by atoms with van der Waals surface area (Å²) in [5.41, 5.74) is 4.16. The highest BCUT2D eigenvalue weighted by molar-refractivity contribution is 5.76. The Kier molecular flexibility index (Phi) is 5.82. The lowest BCUT2D eigenvalue weighted by atomic mass is 9.86. The number of hydrogen-bond donors (Lipinski definition) is 1. The molecular weight excluding hydrogens is 270 g/mol. The van der Waals surface area contributed by atoms with Gasteiger partial charge in [-0.2, -0.15) is 0 Å². The molecule has 0 radical (unpaired) electrons. The summed E-state index contributed by atoms with van der Waals surface area (Å²) in [7, 11) is 0. The van der Waals surface area contributed by atoms with Crippen LogP contribution in [0.2, 0.25) is 0 Å². The molecule has 0 saturated heterocycles. The van der Waals surface area contributed by atoms with Gasteiger partial charge in [0.2, 0.25) is 5.91 Å². The van der Waals surface area contributed by atoms with Crippen LogP contribution in [0.4, 0.5) is 0 Å². The van der Waals surface area contributed by atoms with Crippen molar-refractivity contribution < 1.29 is 4.79 Å². The van der Waals surface area contributed by atoms with Gasteiger partial charge in [0.1, 0.15) is 0 Å². The molecule has 2 nitrogen and oxygen atoms in total. The first-order chi connectivity index (χ1) is 10.4. The van der Waals surface area contributed by atoms with Gasteiger partial charge in [0, 0.05) is 13.0 Å². The van der Waals surface area contributed by atoms with E-state index >= 15 is 0 Å². The van der Waals surface area contributed by atoms with Crippen LogP contribution in [0.5, 0.6) is 0 Å². The molecule has 0 aromatic heterocycles. The van der Waals surface area contributed by atoms with Crippen molar-refractivity contribution in [3.63, 3.8) is 0 Å². The second kappa shape index (κ2) is 7.62. The Morgan fingerprint density at radius 2 is 1.86 bits per heavy atom. The highest BCUT2D eigenvalue weighted by atomic mass is 16.1. The molecule has 1 aromatic carbocycles. The molecule has 1 aliphatic rings. The number of amides is 1. The van der Waals surface area contributed by atoms with Gasteiger partial charge in [-0.1, -0.05) is 56.7 Å². The van der Waals surface area contributed by atoms with Crippen LogP contribution in [0, 0.1) is 0 Å². The van der Waals surface area contributed by atoms with E-state index < -0.39 is 0 Å². The van der Waals surface area contributed by atoms with E-state index in [0.717, 1.165) is 19.4 Å². The van der Waals surface area contributed by atoms with E-state index in [1.54, 1.807) is 0 Å². The molecule has 120 valence electrons. The molecule has 2 heteroatoms. The molecule has 0 bridgehead atoms. The van der Waals surface area contributed by atoms with Gasteiger partial charge < -0.3 is 5.32 Å². The van der Waals surface area contributed by atoms with Crippen molar-refractivity contribution in [1.29, 1.82) is 0 Å². The summed E-state index contributed by atoms with van der Waals surface area (Å²) in [5.74, 6) is 0.159. The van der Waals surface area contributed by atoms with Crippen molar-refractivity contribution in [1.82, 2.24) is 5.32 Å². The quantitative estimate of drug-likeness (QED) is 0.795. The van der Waals surface area contributed by atoms with Crippen LogP contribution in [0.1, 0.15) is 64.0 Å². The summed E-state index contributed by atoms with van der Waals surface area (Å²) < 4.78 is 0. The Bertz CT molecular complexity index is 520. The molecule has 0 unspecified atom stereocenters. The minimum absolute atomic E-state index is 0.159. The molecule has 0 aliphatic heterocycles. The molecule has 0 heterocycles. The molecule has 1 amide bonds. The number of rotatable bonds is 5. The van der Waals surface area contributed by atoms with Crippen molar-refractivity contribution in [2.45, 2.75) is 64.7 Å².